The fourth-order valence-electron chi connectivity index (χ4n) is 1.86. The summed E-state index contributed by atoms with van der Waals surface area (Å²) in [5.41, 5.74) is 3.87. The molecule has 4 nitrogen and oxygen atoms in total. The Morgan fingerprint density at radius 2 is 1.95 bits per heavy atom. The van der Waals surface area contributed by atoms with Crippen LogP contribution >= 0.6 is 0 Å². The fourth-order valence-corrected chi connectivity index (χ4v) is 1.86. The average molecular weight is 263 g/mol. The molecule has 0 unspecified atom stereocenters. The second kappa shape index (κ2) is 6.95. The fraction of sp³-hybridized carbons (Fsp3) is 0.400. The lowest BCUT2D eigenvalue weighted by Gasteiger charge is -2.28. The maximum Gasteiger partial charge on any atom is 0.330 e. The van der Waals surface area contributed by atoms with E-state index >= 15 is 0 Å². The molecule has 0 aromatic heterocycles. The van der Waals surface area contributed by atoms with Gasteiger partial charge in [0.05, 0.1) is 21.2 Å². The van der Waals surface area contributed by atoms with Crippen molar-refractivity contribution < 1.29 is 14.1 Å². The van der Waals surface area contributed by atoms with Crippen molar-refractivity contribution in [3.63, 3.8) is 0 Å². The Morgan fingerprint density at radius 3 is 2.47 bits per heavy atom. The normalized spacial score (nSPS) is 12.1. The first-order valence-corrected chi connectivity index (χ1v) is 6.45. The highest BCUT2D eigenvalue weighted by Crippen LogP contribution is 2.08. The van der Waals surface area contributed by atoms with E-state index in [4.69, 9.17) is 4.74 Å². The second-order valence-corrected chi connectivity index (χ2v) is 4.97. The van der Waals surface area contributed by atoms with Gasteiger partial charge in [0.15, 0.2) is 5.76 Å². The van der Waals surface area contributed by atoms with Gasteiger partial charge in [0, 0.05) is 0 Å². The van der Waals surface area contributed by atoms with Gasteiger partial charge < -0.3 is 4.74 Å². The van der Waals surface area contributed by atoms with E-state index in [0.29, 0.717) is 10.4 Å². The van der Waals surface area contributed by atoms with Crippen LogP contribution in [-0.2, 0) is 9.53 Å². The van der Waals surface area contributed by atoms with Gasteiger partial charge in [-0.3, -0.25) is 4.79 Å². The number of carbonyl (C=O) groups excluding carboxylic acids is 1. The minimum absolute atomic E-state index is 0.204. The van der Waals surface area contributed by atoms with Crippen molar-refractivity contribution in [2.75, 3.05) is 27.7 Å². The first kappa shape index (κ1) is 15.2. The summed E-state index contributed by atoms with van der Waals surface area (Å²) in [6.45, 7) is 2.96. The standard InChI is InChI=1S/C15H22N2O2/c1-5-11-17(2,3)16-15(18)14(19-4)12-13-9-7-6-8-10-13/h6-10,12H,5,11H2,1-4H3/p+1. The Bertz CT molecular complexity index is 439. The summed E-state index contributed by atoms with van der Waals surface area (Å²) in [5, 5.41) is 0. The highest BCUT2D eigenvalue weighted by molar-refractivity contribution is 5.95. The van der Waals surface area contributed by atoms with Gasteiger partial charge in [-0.1, -0.05) is 37.3 Å². The molecule has 0 saturated carbocycles. The van der Waals surface area contributed by atoms with Crippen LogP contribution in [0.2, 0.25) is 0 Å². The molecule has 0 aliphatic carbocycles. The second-order valence-electron chi connectivity index (χ2n) is 4.97. The number of methoxy groups -OCH3 is 1. The lowest BCUT2D eigenvalue weighted by molar-refractivity contribution is -0.925. The van der Waals surface area contributed by atoms with Crippen molar-refractivity contribution >= 4 is 12.0 Å². The monoisotopic (exact) mass is 263 g/mol. The Hall–Kier alpha value is -1.81. The van der Waals surface area contributed by atoms with Gasteiger partial charge in [-0.15, -0.1) is 0 Å². The zero-order valence-corrected chi connectivity index (χ0v) is 12.1. The number of benzene rings is 1. The largest absolute Gasteiger partial charge is 0.491 e. The third kappa shape index (κ3) is 5.14. The average Bonchev–Trinajstić information content (AvgIpc) is 2.36. The number of nitrogens with one attached hydrogen (secondary N) is 1. The molecule has 104 valence electrons. The number of hydrogen-bond acceptors (Lipinski definition) is 2. The first-order valence-electron chi connectivity index (χ1n) is 6.45. The van der Waals surface area contributed by atoms with Crippen molar-refractivity contribution in [1.82, 2.24) is 5.43 Å². The smallest absolute Gasteiger partial charge is 0.330 e. The predicted molar refractivity (Wildman–Crippen MR) is 76.8 cm³/mol. The van der Waals surface area contributed by atoms with Crippen LogP contribution in [0.25, 0.3) is 6.08 Å². The lowest BCUT2D eigenvalue weighted by atomic mass is 10.2. The molecule has 0 saturated heterocycles. The lowest BCUT2D eigenvalue weighted by Crippen LogP contribution is -2.55. The van der Waals surface area contributed by atoms with E-state index in [2.05, 4.69) is 12.3 Å². The number of hydrogen-bond donors (Lipinski definition) is 1. The molecule has 0 fully saturated rings. The van der Waals surface area contributed by atoms with E-state index in [1.807, 2.05) is 44.4 Å². The summed E-state index contributed by atoms with van der Waals surface area (Å²) < 4.78 is 5.61. The summed E-state index contributed by atoms with van der Waals surface area (Å²) in [7, 11) is 5.42. The van der Waals surface area contributed by atoms with Crippen LogP contribution in [0.3, 0.4) is 0 Å². The molecular formula is C15H23N2O2+. The number of carbonyl (C=O) groups is 1. The minimum atomic E-state index is -0.204. The van der Waals surface area contributed by atoms with Crippen LogP contribution in [0.5, 0.6) is 0 Å². The summed E-state index contributed by atoms with van der Waals surface area (Å²) in [5.74, 6) is 0.110. The molecule has 0 radical (unpaired) electrons. The molecule has 0 bridgehead atoms. The van der Waals surface area contributed by atoms with Gasteiger partial charge in [-0.2, -0.15) is 5.43 Å². The molecule has 0 aliphatic rings. The maximum atomic E-state index is 12.1. The van der Waals surface area contributed by atoms with E-state index in [9.17, 15) is 4.79 Å². The van der Waals surface area contributed by atoms with Crippen molar-refractivity contribution in [3.05, 3.63) is 41.7 Å². The van der Waals surface area contributed by atoms with Crippen molar-refractivity contribution in [2.24, 2.45) is 0 Å². The van der Waals surface area contributed by atoms with E-state index in [-0.39, 0.29) is 5.91 Å². The third-order valence-corrected chi connectivity index (χ3v) is 2.73. The Balaban J connectivity index is 2.81. The van der Waals surface area contributed by atoms with Gasteiger partial charge in [-0.05, 0) is 18.1 Å². The Kier molecular flexibility index (Phi) is 5.57. The summed E-state index contributed by atoms with van der Waals surface area (Å²) >= 11 is 0. The van der Waals surface area contributed by atoms with Crippen LogP contribution in [-0.4, -0.2) is 38.2 Å². The number of rotatable bonds is 6. The zero-order valence-electron chi connectivity index (χ0n) is 12.1. The van der Waals surface area contributed by atoms with E-state index in [1.54, 1.807) is 6.08 Å². The first-order chi connectivity index (χ1) is 8.98. The van der Waals surface area contributed by atoms with Crippen LogP contribution in [0.15, 0.2) is 36.1 Å². The molecule has 1 rings (SSSR count). The zero-order chi connectivity index (χ0) is 14.3. The van der Waals surface area contributed by atoms with Gasteiger partial charge >= 0.3 is 5.91 Å². The molecule has 0 heterocycles. The van der Waals surface area contributed by atoms with E-state index < -0.39 is 0 Å². The number of quaternary nitrogens is 1. The third-order valence-electron chi connectivity index (χ3n) is 2.73. The summed E-state index contributed by atoms with van der Waals surface area (Å²) in [6, 6.07) is 9.64. The number of ether oxygens (including phenoxy) is 1. The molecule has 0 atom stereocenters. The molecule has 1 aromatic rings. The van der Waals surface area contributed by atoms with Crippen molar-refractivity contribution in [3.8, 4) is 0 Å². The number of nitrogens with zero attached hydrogens (tertiary/aromatic N) is 1. The molecule has 0 spiro atoms. The molecule has 19 heavy (non-hydrogen) atoms. The van der Waals surface area contributed by atoms with Crippen molar-refractivity contribution in [2.45, 2.75) is 13.3 Å². The molecule has 1 amide bonds. The van der Waals surface area contributed by atoms with Gasteiger partial charge in [0.2, 0.25) is 0 Å². The predicted octanol–water partition coefficient (Wildman–Crippen LogP) is 2.19. The molecular weight excluding hydrogens is 240 g/mol. The van der Waals surface area contributed by atoms with Crippen LogP contribution in [0, 0.1) is 0 Å². The van der Waals surface area contributed by atoms with Gasteiger partial charge in [0.25, 0.3) is 0 Å². The number of amides is 1. The quantitative estimate of drug-likeness (QED) is 0.370. The molecule has 1 aromatic carbocycles. The highest BCUT2D eigenvalue weighted by atomic mass is 16.5. The Morgan fingerprint density at radius 1 is 1.32 bits per heavy atom. The highest BCUT2D eigenvalue weighted by Gasteiger charge is 2.21. The van der Waals surface area contributed by atoms with Gasteiger partial charge in [-0.25, -0.2) is 4.59 Å². The molecule has 1 N–H and O–H groups in total. The van der Waals surface area contributed by atoms with Crippen molar-refractivity contribution in [1.29, 1.82) is 0 Å². The Labute approximate surface area is 115 Å². The topological polar surface area (TPSA) is 38.3 Å². The van der Waals surface area contributed by atoms with E-state index in [0.717, 1.165) is 18.5 Å². The minimum Gasteiger partial charge on any atom is -0.491 e. The molecule has 0 aliphatic heterocycles. The van der Waals surface area contributed by atoms with Gasteiger partial charge in [0.1, 0.15) is 6.54 Å². The van der Waals surface area contributed by atoms with E-state index in [1.165, 1.54) is 7.11 Å². The van der Waals surface area contributed by atoms with Crippen LogP contribution < -0.4 is 5.43 Å². The summed E-state index contributed by atoms with van der Waals surface area (Å²) in [6.07, 6.45) is 2.74. The van der Waals surface area contributed by atoms with Crippen LogP contribution in [0.4, 0.5) is 0 Å². The summed E-state index contributed by atoms with van der Waals surface area (Å²) in [4.78, 5) is 12.1. The maximum absolute atomic E-state index is 12.1. The van der Waals surface area contributed by atoms with Crippen LogP contribution in [0.1, 0.15) is 18.9 Å². The molecule has 4 heteroatoms. The SMILES string of the molecule is CCC[N+](C)(C)NC(=O)C(=Cc1ccccc1)OC.